The second-order valence-corrected chi connectivity index (χ2v) is 6.09. The first-order valence-corrected chi connectivity index (χ1v) is 8.05. The van der Waals surface area contributed by atoms with Crippen molar-refractivity contribution in [2.75, 3.05) is 5.73 Å². The fourth-order valence-corrected chi connectivity index (χ4v) is 2.71. The Hall–Kier alpha value is -2.65. The highest BCUT2D eigenvalue weighted by molar-refractivity contribution is 6.35. The smallest absolute Gasteiger partial charge is 0.489 e. The average Bonchev–Trinajstić information content (AvgIpc) is 2.89. The van der Waals surface area contributed by atoms with E-state index in [0.29, 0.717) is 20.3 Å². The van der Waals surface area contributed by atoms with E-state index in [1.54, 1.807) is 18.2 Å². The number of nitrogens with two attached hydrogens (primary N) is 1. The minimum Gasteiger partial charge on any atom is -0.489 e. The molecule has 2 aromatic carbocycles. The summed E-state index contributed by atoms with van der Waals surface area (Å²) < 4.78 is 43.4. The fourth-order valence-electron chi connectivity index (χ4n) is 2.20. The standard InChI is InChI=1S/C16H10Cl2F3N3O3/c17-10-2-1-3-11(18)9(10)7-26-8-4-5-12-13(6-8)24(15(22)23-12)27-14(25)16(19,20)21/h1-6H,7H2,(H2,22,23). The van der Waals surface area contributed by atoms with Gasteiger partial charge in [0.05, 0.1) is 5.52 Å². The average molecular weight is 420 g/mol. The Balaban J connectivity index is 1.88. The van der Waals surface area contributed by atoms with E-state index in [2.05, 4.69) is 9.82 Å². The number of hydrogen-bond donors (Lipinski definition) is 1. The number of carbonyl (C=O) groups excluding carboxylic acids is 1. The van der Waals surface area contributed by atoms with Crippen LogP contribution in [0.5, 0.6) is 5.75 Å². The van der Waals surface area contributed by atoms with E-state index < -0.39 is 18.1 Å². The van der Waals surface area contributed by atoms with Crippen molar-refractivity contribution in [3.05, 3.63) is 52.0 Å². The molecule has 0 amide bonds. The summed E-state index contributed by atoms with van der Waals surface area (Å²) in [4.78, 5) is 19.2. The Morgan fingerprint density at radius 1 is 1.19 bits per heavy atom. The fraction of sp³-hybridized carbons (Fsp3) is 0.125. The molecule has 0 radical (unpaired) electrons. The lowest BCUT2D eigenvalue weighted by molar-refractivity contribution is -0.199. The zero-order valence-corrected chi connectivity index (χ0v) is 14.8. The first-order chi connectivity index (χ1) is 12.7. The van der Waals surface area contributed by atoms with Gasteiger partial charge in [-0.2, -0.15) is 13.2 Å². The Morgan fingerprint density at radius 3 is 2.48 bits per heavy atom. The number of rotatable bonds is 4. The summed E-state index contributed by atoms with van der Waals surface area (Å²) >= 11 is 12.1. The van der Waals surface area contributed by atoms with E-state index in [1.807, 2.05) is 0 Å². The Bertz CT molecular complexity index is 1000. The van der Waals surface area contributed by atoms with Crippen molar-refractivity contribution >= 4 is 46.2 Å². The van der Waals surface area contributed by atoms with Gasteiger partial charge in [-0.25, -0.2) is 9.78 Å². The molecule has 0 aliphatic carbocycles. The topological polar surface area (TPSA) is 79.4 Å². The van der Waals surface area contributed by atoms with Gasteiger partial charge in [-0.15, -0.1) is 4.73 Å². The van der Waals surface area contributed by atoms with Gasteiger partial charge in [0.1, 0.15) is 17.9 Å². The lowest BCUT2D eigenvalue weighted by Gasteiger charge is -2.11. The second-order valence-electron chi connectivity index (χ2n) is 5.28. The van der Waals surface area contributed by atoms with Crippen LogP contribution in [0.2, 0.25) is 10.0 Å². The number of imidazole rings is 1. The van der Waals surface area contributed by atoms with Crippen LogP contribution < -0.4 is 15.3 Å². The molecule has 1 aromatic heterocycles. The van der Waals surface area contributed by atoms with Crippen molar-refractivity contribution in [1.82, 2.24) is 9.71 Å². The van der Waals surface area contributed by atoms with Gasteiger partial charge in [0, 0.05) is 21.7 Å². The molecule has 0 saturated carbocycles. The van der Waals surface area contributed by atoms with Gasteiger partial charge in [-0.1, -0.05) is 29.3 Å². The van der Waals surface area contributed by atoms with Crippen molar-refractivity contribution in [3.8, 4) is 5.75 Å². The summed E-state index contributed by atoms with van der Waals surface area (Å²) in [5.41, 5.74) is 6.31. The van der Waals surface area contributed by atoms with Crippen LogP contribution in [0.1, 0.15) is 5.56 Å². The third-order valence-corrected chi connectivity index (χ3v) is 4.17. The number of ether oxygens (including phenoxy) is 1. The predicted octanol–water partition coefficient (Wildman–Crippen LogP) is 4.02. The van der Waals surface area contributed by atoms with Crippen LogP contribution in [0, 0.1) is 0 Å². The lowest BCUT2D eigenvalue weighted by Crippen LogP contribution is -2.33. The van der Waals surface area contributed by atoms with Crippen molar-refractivity contribution in [1.29, 1.82) is 0 Å². The molecule has 0 aliphatic rings. The summed E-state index contributed by atoms with van der Waals surface area (Å²) in [6.45, 7) is 0.00989. The zero-order chi connectivity index (χ0) is 19.8. The molecule has 11 heteroatoms. The molecule has 0 saturated heterocycles. The van der Waals surface area contributed by atoms with E-state index in [4.69, 9.17) is 33.7 Å². The minimum atomic E-state index is -5.18. The van der Waals surface area contributed by atoms with E-state index in [9.17, 15) is 18.0 Å². The van der Waals surface area contributed by atoms with Crippen LogP contribution in [0.25, 0.3) is 11.0 Å². The first-order valence-electron chi connectivity index (χ1n) is 7.30. The highest BCUT2D eigenvalue weighted by Gasteiger charge is 2.42. The summed E-state index contributed by atoms with van der Waals surface area (Å²) in [6.07, 6.45) is -5.18. The summed E-state index contributed by atoms with van der Waals surface area (Å²) in [5, 5.41) is 0.800. The number of aromatic nitrogens is 2. The van der Waals surface area contributed by atoms with Crippen molar-refractivity contribution < 1.29 is 27.5 Å². The van der Waals surface area contributed by atoms with Gasteiger partial charge in [0.2, 0.25) is 5.95 Å². The molecule has 3 aromatic rings. The largest absolute Gasteiger partial charge is 0.493 e. The maximum absolute atomic E-state index is 12.4. The van der Waals surface area contributed by atoms with Crippen LogP contribution in [-0.2, 0) is 11.4 Å². The highest BCUT2D eigenvalue weighted by Crippen LogP contribution is 2.28. The van der Waals surface area contributed by atoms with E-state index in [-0.39, 0.29) is 23.4 Å². The Labute approximate surface area is 160 Å². The second kappa shape index (κ2) is 7.16. The van der Waals surface area contributed by atoms with Crippen molar-refractivity contribution in [3.63, 3.8) is 0 Å². The van der Waals surface area contributed by atoms with Crippen LogP contribution in [0.4, 0.5) is 19.1 Å². The van der Waals surface area contributed by atoms with Crippen molar-refractivity contribution in [2.24, 2.45) is 0 Å². The summed E-state index contributed by atoms with van der Waals surface area (Å²) in [5.74, 6) is -2.60. The number of hydrogen-bond acceptors (Lipinski definition) is 5. The summed E-state index contributed by atoms with van der Waals surface area (Å²) in [7, 11) is 0. The van der Waals surface area contributed by atoms with Gasteiger partial charge in [0.15, 0.2) is 0 Å². The van der Waals surface area contributed by atoms with Crippen LogP contribution in [0.3, 0.4) is 0 Å². The van der Waals surface area contributed by atoms with E-state index in [1.165, 1.54) is 18.2 Å². The molecule has 2 N–H and O–H groups in total. The number of carbonyl (C=O) groups is 1. The molecule has 142 valence electrons. The van der Waals surface area contributed by atoms with E-state index in [0.717, 1.165) is 0 Å². The minimum absolute atomic E-state index is 0.00989. The number of anilines is 1. The Morgan fingerprint density at radius 2 is 1.85 bits per heavy atom. The highest BCUT2D eigenvalue weighted by atomic mass is 35.5. The monoisotopic (exact) mass is 419 g/mol. The quantitative estimate of drug-likeness (QED) is 0.690. The molecule has 1 heterocycles. The number of nitrogens with zero attached hydrogens (tertiary/aromatic N) is 2. The van der Waals surface area contributed by atoms with Gasteiger partial charge in [-0.3, -0.25) is 0 Å². The van der Waals surface area contributed by atoms with Gasteiger partial charge >= 0.3 is 12.1 Å². The van der Waals surface area contributed by atoms with E-state index >= 15 is 0 Å². The van der Waals surface area contributed by atoms with Crippen LogP contribution >= 0.6 is 23.2 Å². The molecular formula is C16H10Cl2F3N3O3. The summed E-state index contributed by atoms with van der Waals surface area (Å²) in [6, 6.07) is 9.26. The zero-order valence-electron chi connectivity index (χ0n) is 13.3. The molecule has 0 spiro atoms. The number of fused-ring (bicyclic) bond motifs is 1. The molecule has 3 rings (SSSR count). The Kier molecular flexibility index (Phi) is 5.07. The molecular weight excluding hydrogens is 410 g/mol. The molecule has 6 nitrogen and oxygen atoms in total. The lowest BCUT2D eigenvalue weighted by atomic mass is 10.2. The number of alkyl halides is 3. The first kappa shape index (κ1) is 19.1. The number of benzene rings is 2. The third-order valence-electron chi connectivity index (χ3n) is 3.46. The molecule has 27 heavy (non-hydrogen) atoms. The molecule has 0 fully saturated rings. The van der Waals surface area contributed by atoms with Gasteiger partial charge in [-0.05, 0) is 24.3 Å². The maximum atomic E-state index is 12.4. The molecule has 0 unspecified atom stereocenters. The third kappa shape index (κ3) is 4.04. The van der Waals surface area contributed by atoms with Crippen LogP contribution in [0.15, 0.2) is 36.4 Å². The predicted molar refractivity (Wildman–Crippen MR) is 92.6 cm³/mol. The molecule has 0 atom stereocenters. The molecule has 0 bridgehead atoms. The van der Waals surface area contributed by atoms with Crippen molar-refractivity contribution in [2.45, 2.75) is 12.8 Å². The maximum Gasteiger partial charge on any atom is 0.493 e. The van der Waals surface area contributed by atoms with Gasteiger partial charge in [0.25, 0.3) is 0 Å². The van der Waals surface area contributed by atoms with Gasteiger partial charge < -0.3 is 15.3 Å². The van der Waals surface area contributed by atoms with Crippen LogP contribution in [-0.4, -0.2) is 21.9 Å². The number of halogens is 5. The molecule has 0 aliphatic heterocycles. The SMILES string of the molecule is Nc1nc2ccc(OCc3c(Cl)cccc3Cl)cc2n1OC(=O)C(F)(F)F. The number of nitrogen functional groups attached to an aromatic ring is 1. The normalized spacial score (nSPS) is 11.6.